The lowest BCUT2D eigenvalue weighted by atomic mass is 9.97. The Morgan fingerprint density at radius 1 is 1.33 bits per heavy atom. The third kappa shape index (κ3) is 4.06. The first-order valence-electron chi connectivity index (χ1n) is 6.49. The van der Waals surface area contributed by atoms with Gasteiger partial charge in [0.1, 0.15) is 0 Å². The summed E-state index contributed by atoms with van der Waals surface area (Å²) in [4.78, 5) is 11.3. The Morgan fingerprint density at radius 3 is 2.71 bits per heavy atom. The van der Waals surface area contributed by atoms with Crippen molar-refractivity contribution in [3.8, 4) is 0 Å². The van der Waals surface area contributed by atoms with E-state index in [1.807, 2.05) is 0 Å². The molecule has 2 atom stereocenters. The highest BCUT2D eigenvalue weighted by atomic mass is 79.9. The van der Waals surface area contributed by atoms with E-state index in [1.54, 1.807) is 12.1 Å². The Kier molecular flexibility index (Phi) is 5.45. The van der Waals surface area contributed by atoms with E-state index < -0.39 is 21.9 Å². The van der Waals surface area contributed by atoms with Crippen LogP contribution in [0.2, 0.25) is 0 Å². The van der Waals surface area contributed by atoms with Crippen LogP contribution in [-0.2, 0) is 14.8 Å². The second-order valence-electron chi connectivity index (χ2n) is 5.06. The minimum atomic E-state index is -3.67. The monoisotopic (exact) mass is 439 g/mol. The third-order valence-corrected chi connectivity index (χ3v) is 6.61. The van der Waals surface area contributed by atoms with Crippen LogP contribution in [0.1, 0.15) is 19.3 Å². The minimum Gasteiger partial charge on any atom is -0.481 e. The number of carbonyl (C=O) groups is 1. The lowest BCUT2D eigenvalue weighted by Gasteiger charge is -2.17. The number of carboxylic acid groups (broad SMARTS) is 1. The molecular weight excluding hydrogens is 426 g/mol. The molecule has 1 saturated carbocycles. The zero-order valence-electron chi connectivity index (χ0n) is 11.1. The molecule has 2 N–H and O–H groups in total. The molecule has 116 valence electrons. The van der Waals surface area contributed by atoms with Crippen molar-refractivity contribution in [2.45, 2.75) is 24.2 Å². The van der Waals surface area contributed by atoms with Crippen molar-refractivity contribution in [3.05, 3.63) is 27.1 Å². The first kappa shape index (κ1) is 16.9. The first-order valence-corrected chi connectivity index (χ1v) is 9.55. The molecule has 1 fully saturated rings. The van der Waals surface area contributed by atoms with Gasteiger partial charge in [-0.3, -0.25) is 4.79 Å². The van der Waals surface area contributed by atoms with E-state index in [9.17, 15) is 13.2 Å². The lowest BCUT2D eigenvalue weighted by molar-refractivity contribution is -0.142. The summed E-state index contributed by atoms with van der Waals surface area (Å²) < 4.78 is 28.3. The molecule has 0 radical (unpaired) electrons. The van der Waals surface area contributed by atoms with E-state index in [2.05, 4.69) is 36.6 Å². The molecule has 2 rings (SSSR count). The smallest absolute Gasteiger partial charge is 0.306 e. The molecule has 0 saturated heterocycles. The van der Waals surface area contributed by atoms with Crippen LogP contribution in [0.5, 0.6) is 0 Å². The summed E-state index contributed by atoms with van der Waals surface area (Å²) in [6.45, 7) is 0.151. The summed E-state index contributed by atoms with van der Waals surface area (Å²) >= 11 is 6.46. The van der Waals surface area contributed by atoms with Gasteiger partial charge in [0.15, 0.2) is 0 Å². The van der Waals surface area contributed by atoms with Crippen molar-refractivity contribution in [1.29, 1.82) is 0 Å². The van der Waals surface area contributed by atoms with E-state index in [0.717, 1.165) is 12.8 Å². The van der Waals surface area contributed by atoms with Gasteiger partial charge in [0.25, 0.3) is 0 Å². The number of carboxylic acids is 1. The maximum atomic E-state index is 12.3. The van der Waals surface area contributed by atoms with Crippen LogP contribution in [0.25, 0.3) is 0 Å². The first-order chi connectivity index (χ1) is 9.81. The van der Waals surface area contributed by atoms with Crippen LogP contribution in [0.3, 0.4) is 0 Å². The molecule has 8 heteroatoms. The van der Waals surface area contributed by atoms with Crippen molar-refractivity contribution in [2.24, 2.45) is 11.8 Å². The SMILES string of the molecule is O=C(O)C1CCCC1CNS(=O)(=O)c1cc(Br)ccc1Br. The number of nitrogens with one attached hydrogen (secondary N) is 1. The number of halogens is 2. The molecule has 2 unspecified atom stereocenters. The van der Waals surface area contributed by atoms with Gasteiger partial charge in [-0.15, -0.1) is 0 Å². The fourth-order valence-electron chi connectivity index (χ4n) is 2.58. The predicted molar refractivity (Wildman–Crippen MR) is 85.5 cm³/mol. The number of aliphatic carboxylic acids is 1. The molecule has 1 aliphatic rings. The summed E-state index contributed by atoms with van der Waals surface area (Å²) in [7, 11) is -3.67. The maximum absolute atomic E-state index is 12.3. The van der Waals surface area contributed by atoms with Gasteiger partial charge >= 0.3 is 5.97 Å². The van der Waals surface area contributed by atoms with E-state index in [1.165, 1.54) is 6.07 Å². The molecule has 0 heterocycles. The highest BCUT2D eigenvalue weighted by Crippen LogP contribution is 2.32. The second kappa shape index (κ2) is 6.76. The molecule has 0 aromatic heterocycles. The van der Waals surface area contributed by atoms with Crippen molar-refractivity contribution < 1.29 is 18.3 Å². The van der Waals surface area contributed by atoms with Gasteiger partial charge in [0.05, 0.1) is 10.8 Å². The minimum absolute atomic E-state index is 0.141. The molecule has 0 aliphatic heterocycles. The topological polar surface area (TPSA) is 83.5 Å². The van der Waals surface area contributed by atoms with Crippen LogP contribution in [0, 0.1) is 11.8 Å². The lowest BCUT2D eigenvalue weighted by Crippen LogP contribution is -2.33. The van der Waals surface area contributed by atoms with E-state index >= 15 is 0 Å². The van der Waals surface area contributed by atoms with Gasteiger partial charge in [0, 0.05) is 15.5 Å². The van der Waals surface area contributed by atoms with Crippen LogP contribution in [0.15, 0.2) is 32.0 Å². The van der Waals surface area contributed by atoms with Crippen molar-refractivity contribution >= 4 is 47.9 Å². The van der Waals surface area contributed by atoms with Crippen LogP contribution in [0.4, 0.5) is 0 Å². The standard InChI is InChI=1S/C13H15Br2NO4S/c14-9-4-5-11(15)12(6-9)21(19,20)16-7-8-2-1-3-10(8)13(17)18/h4-6,8,10,16H,1-3,7H2,(H,17,18). The summed E-state index contributed by atoms with van der Waals surface area (Å²) in [5, 5.41) is 9.12. The van der Waals surface area contributed by atoms with Gasteiger partial charge in [-0.1, -0.05) is 22.4 Å². The normalized spacial score (nSPS) is 22.4. The van der Waals surface area contributed by atoms with Gasteiger partial charge in [-0.25, -0.2) is 13.1 Å². The van der Waals surface area contributed by atoms with Gasteiger partial charge in [-0.05, 0) is 52.9 Å². The number of benzene rings is 1. The van der Waals surface area contributed by atoms with Crippen LogP contribution >= 0.6 is 31.9 Å². The molecule has 1 aromatic carbocycles. The van der Waals surface area contributed by atoms with Crippen LogP contribution in [-0.4, -0.2) is 26.0 Å². The number of sulfonamides is 1. The Labute approximate surface area is 140 Å². The molecule has 1 aliphatic carbocycles. The molecule has 0 amide bonds. The van der Waals surface area contributed by atoms with Crippen molar-refractivity contribution in [2.75, 3.05) is 6.54 Å². The third-order valence-electron chi connectivity index (χ3n) is 3.69. The fourth-order valence-corrected chi connectivity index (χ4v) is 5.18. The van der Waals surface area contributed by atoms with E-state index in [4.69, 9.17) is 5.11 Å². The predicted octanol–water partition coefficient (Wildman–Crippen LogP) is 2.99. The molecule has 0 spiro atoms. The fraction of sp³-hybridized carbons (Fsp3) is 0.462. The Hall–Kier alpha value is -0.440. The quantitative estimate of drug-likeness (QED) is 0.737. The second-order valence-corrected chi connectivity index (χ2v) is 8.57. The summed E-state index contributed by atoms with van der Waals surface area (Å²) in [6.07, 6.45) is 2.17. The number of hydrogen-bond acceptors (Lipinski definition) is 3. The average molecular weight is 441 g/mol. The number of hydrogen-bond donors (Lipinski definition) is 2. The molecule has 1 aromatic rings. The molecular formula is C13H15Br2NO4S. The molecule has 21 heavy (non-hydrogen) atoms. The van der Waals surface area contributed by atoms with Crippen molar-refractivity contribution in [3.63, 3.8) is 0 Å². The summed E-state index contributed by atoms with van der Waals surface area (Å²) in [6, 6.07) is 4.89. The number of rotatable bonds is 5. The van der Waals surface area contributed by atoms with Gasteiger partial charge in [-0.2, -0.15) is 0 Å². The molecule has 5 nitrogen and oxygen atoms in total. The Bertz CT molecular complexity index is 648. The van der Waals surface area contributed by atoms with Gasteiger partial charge < -0.3 is 5.11 Å². The largest absolute Gasteiger partial charge is 0.481 e. The summed E-state index contributed by atoms with van der Waals surface area (Å²) in [5.41, 5.74) is 0. The Morgan fingerprint density at radius 2 is 2.05 bits per heavy atom. The van der Waals surface area contributed by atoms with E-state index in [-0.39, 0.29) is 17.4 Å². The summed E-state index contributed by atoms with van der Waals surface area (Å²) in [5.74, 6) is -1.46. The maximum Gasteiger partial charge on any atom is 0.306 e. The average Bonchev–Trinajstić information content (AvgIpc) is 2.88. The zero-order chi connectivity index (χ0) is 15.6. The Balaban J connectivity index is 2.11. The van der Waals surface area contributed by atoms with Crippen molar-refractivity contribution in [1.82, 2.24) is 4.72 Å². The highest BCUT2D eigenvalue weighted by Gasteiger charge is 2.33. The highest BCUT2D eigenvalue weighted by molar-refractivity contribution is 9.11. The van der Waals surface area contributed by atoms with Crippen LogP contribution < -0.4 is 4.72 Å². The molecule has 0 bridgehead atoms. The zero-order valence-corrected chi connectivity index (χ0v) is 15.0. The van der Waals surface area contributed by atoms with Gasteiger partial charge in [0.2, 0.25) is 10.0 Å². The van der Waals surface area contributed by atoms with E-state index in [0.29, 0.717) is 15.4 Å².